The first-order chi connectivity index (χ1) is 13.1. The zero-order chi connectivity index (χ0) is 20.7. The first kappa shape index (κ1) is 21.3. The number of aryl methyl sites for hydroxylation is 1. The van der Waals surface area contributed by atoms with E-state index in [-0.39, 0.29) is 18.7 Å². The molecule has 0 radical (unpaired) electrons. The highest BCUT2D eigenvalue weighted by Crippen LogP contribution is 2.30. The van der Waals surface area contributed by atoms with Crippen LogP contribution >= 0.6 is 0 Å². The quantitative estimate of drug-likeness (QED) is 0.708. The highest BCUT2D eigenvalue weighted by atomic mass is 19.4. The van der Waals surface area contributed by atoms with Gasteiger partial charge in [0.25, 0.3) is 5.91 Å². The molecule has 0 aliphatic carbocycles. The zero-order valence-electron chi connectivity index (χ0n) is 15.4. The molecule has 0 saturated heterocycles. The van der Waals surface area contributed by atoms with Crippen LogP contribution in [-0.2, 0) is 20.5 Å². The lowest BCUT2D eigenvalue weighted by Crippen LogP contribution is -2.30. The lowest BCUT2D eigenvalue weighted by Gasteiger charge is -2.15. The third-order valence-electron chi connectivity index (χ3n) is 3.73. The summed E-state index contributed by atoms with van der Waals surface area (Å²) >= 11 is 0. The lowest BCUT2D eigenvalue weighted by molar-refractivity contribution is -0.153. The van der Waals surface area contributed by atoms with Crippen molar-refractivity contribution in [2.24, 2.45) is 0 Å². The Morgan fingerprint density at radius 1 is 1.11 bits per heavy atom. The number of amides is 1. The monoisotopic (exact) mass is 395 g/mol. The van der Waals surface area contributed by atoms with Crippen molar-refractivity contribution in [3.8, 4) is 5.75 Å². The van der Waals surface area contributed by atoms with Gasteiger partial charge in [-0.2, -0.15) is 13.2 Å². The largest absolute Gasteiger partial charge is 0.493 e. The van der Waals surface area contributed by atoms with Crippen molar-refractivity contribution in [1.29, 1.82) is 0 Å². The van der Waals surface area contributed by atoms with E-state index in [0.29, 0.717) is 5.75 Å². The van der Waals surface area contributed by atoms with E-state index in [4.69, 9.17) is 9.47 Å². The summed E-state index contributed by atoms with van der Waals surface area (Å²) in [5.41, 5.74) is 0.154. The topological polar surface area (TPSA) is 64.6 Å². The van der Waals surface area contributed by atoms with Crippen molar-refractivity contribution in [2.45, 2.75) is 32.5 Å². The molecular weight excluding hydrogens is 375 g/mol. The van der Waals surface area contributed by atoms with E-state index in [1.54, 1.807) is 12.1 Å². The molecule has 1 N–H and O–H groups in total. The van der Waals surface area contributed by atoms with Crippen LogP contribution in [0.25, 0.3) is 0 Å². The highest BCUT2D eigenvalue weighted by Gasteiger charge is 2.30. The first-order valence-corrected chi connectivity index (χ1v) is 8.52. The molecule has 28 heavy (non-hydrogen) atoms. The van der Waals surface area contributed by atoms with Gasteiger partial charge in [-0.05, 0) is 44.2 Å². The van der Waals surface area contributed by atoms with Gasteiger partial charge in [0.15, 0.2) is 6.10 Å². The summed E-state index contributed by atoms with van der Waals surface area (Å²) in [6.45, 7) is 3.35. The number of nitrogens with one attached hydrogen (secondary N) is 1. The van der Waals surface area contributed by atoms with Crippen LogP contribution in [0.1, 0.15) is 24.5 Å². The third-order valence-corrected chi connectivity index (χ3v) is 3.73. The van der Waals surface area contributed by atoms with E-state index >= 15 is 0 Å². The van der Waals surface area contributed by atoms with Gasteiger partial charge < -0.3 is 14.8 Å². The van der Waals surface area contributed by atoms with E-state index in [9.17, 15) is 22.8 Å². The predicted molar refractivity (Wildman–Crippen MR) is 96.9 cm³/mol. The minimum Gasteiger partial charge on any atom is -0.493 e. The Morgan fingerprint density at radius 3 is 2.43 bits per heavy atom. The van der Waals surface area contributed by atoms with Crippen molar-refractivity contribution in [3.05, 3.63) is 59.7 Å². The van der Waals surface area contributed by atoms with Crippen LogP contribution in [0.15, 0.2) is 48.5 Å². The molecule has 5 nitrogen and oxygen atoms in total. The van der Waals surface area contributed by atoms with E-state index in [1.807, 2.05) is 19.1 Å². The van der Waals surface area contributed by atoms with Gasteiger partial charge in [0, 0.05) is 5.69 Å². The second-order valence-electron chi connectivity index (χ2n) is 6.11. The number of rotatable bonds is 7. The minimum absolute atomic E-state index is 0.0366. The van der Waals surface area contributed by atoms with E-state index < -0.39 is 29.7 Å². The van der Waals surface area contributed by atoms with Crippen LogP contribution in [0, 0.1) is 6.92 Å². The Hall–Kier alpha value is -3.03. The first-order valence-electron chi connectivity index (χ1n) is 8.52. The van der Waals surface area contributed by atoms with Crippen LogP contribution in [-0.4, -0.2) is 24.6 Å². The fraction of sp³-hybridized carbons (Fsp3) is 0.300. The van der Waals surface area contributed by atoms with Crippen LogP contribution in [0.3, 0.4) is 0 Å². The number of benzene rings is 2. The lowest BCUT2D eigenvalue weighted by atomic mass is 10.2. The minimum atomic E-state index is -4.52. The van der Waals surface area contributed by atoms with Crippen molar-refractivity contribution < 1.29 is 32.2 Å². The molecular formula is C20H20F3NO4. The number of anilines is 1. The van der Waals surface area contributed by atoms with E-state index in [1.165, 1.54) is 19.1 Å². The molecule has 2 aromatic carbocycles. The smallest absolute Gasteiger partial charge is 0.416 e. The van der Waals surface area contributed by atoms with Gasteiger partial charge in [-0.25, -0.2) is 0 Å². The molecule has 1 amide bonds. The third kappa shape index (κ3) is 6.61. The summed E-state index contributed by atoms with van der Waals surface area (Å²) < 4.78 is 48.5. The maximum Gasteiger partial charge on any atom is 0.416 e. The number of ether oxygens (including phenoxy) is 2. The highest BCUT2D eigenvalue weighted by molar-refractivity contribution is 5.95. The van der Waals surface area contributed by atoms with Gasteiger partial charge >= 0.3 is 12.1 Å². The number of carbonyl (C=O) groups excluding carboxylic acids is 2. The van der Waals surface area contributed by atoms with Crippen molar-refractivity contribution in [2.75, 3.05) is 11.9 Å². The molecule has 0 aromatic heterocycles. The Kier molecular flexibility index (Phi) is 7.03. The standard InChI is InChI=1S/C20H20F3NO4/c1-13-6-8-17(9-7-13)27-11-10-18(25)28-14(2)19(26)24-16-5-3-4-15(12-16)20(21,22)23/h3-9,12,14H,10-11H2,1-2H3,(H,24,26)/t14-/m1/s1. The molecule has 0 aliphatic heterocycles. The van der Waals surface area contributed by atoms with Crippen LogP contribution in [0.2, 0.25) is 0 Å². The van der Waals surface area contributed by atoms with Crippen LogP contribution < -0.4 is 10.1 Å². The summed E-state index contributed by atoms with van der Waals surface area (Å²) in [6.07, 6.45) is -5.76. The molecule has 2 aromatic rings. The molecule has 0 heterocycles. The van der Waals surface area contributed by atoms with Gasteiger partial charge in [-0.15, -0.1) is 0 Å². The van der Waals surface area contributed by atoms with Crippen molar-refractivity contribution in [1.82, 2.24) is 0 Å². The maximum atomic E-state index is 12.7. The second-order valence-corrected chi connectivity index (χ2v) is 6.11. The van der Waals surface area contributed by atoms with Crippen LogP contribution in [0.5, 0.6) is 5.75 Å². The summed E-state index contributed by atoms with van der Waals surface area (Å²) in [5.74, 6) is -0.778. The molecule has 1 atom stereocenters. The summed E-state index contributed by atoms with van der Waals surface area (Å²) in [6, 6.07) is 11.5. The van der Waals surface area contributed by atoms with Crippen molar-refractivity contribution >= 4 is 17.6 Å². The molecule has 0 aliphatic rings. The van der Waals surface area contributed by atoms with Gasteiger partial charge in [0.05, 0.1) is 18.6 Å². The predicted octanol–water partition coefficient (Wildman–Crippen LogP) is 4.35. The van der Waals surface area contributed by atoms with Crippen LogP contribution in [0.4, 0.5) is 18.9 Å². The Morgan fingerprint density at radius 2 is 1.79 bits per heavy atom. The van der Waals surface area contributed by atoms with E-state index in [2.05, 4.69) is 5.32 Å². The van der Waals surface area contributed by atoms with Gasteiger partial charge in [0.1, 0.15) is 5.75 Å². The average molecular weight is 395 g/mol. The van der Waals surface area contributed by atoms with Gasteiger partial charge in [-0.3, -0.25) is 9.59 Å². The number of halogens is 3. The number of carbonyl (C=O) groups is 2. The molecule has 2 rings (SSSR count). The summed E-state index contributed by atoms with van der Waals surface area (Å²) in [7, 11) is 0. The molecule has 150 valence electrons. The molecule has 0 unspecified atom stereocenters. The normalized spacial score (nSPS) is 12.2. The van der Waals surface area contributed by atoms with Gasteiger partial charge in [-0.1, -0.05) is 23.8 Å². The molecule has 0 bridgehead atoms. The number of hydrogen-bond acceptors (Lipinski definition) is 4. The maximum absolute atomic E-state index is 12.7. The zero-order valence-corrected chi connectivity index (χ0v) is 15.4. The Balaban J connectivity index is 1.79. The molecule has 0 fully saturated rings. The summed E-state index contributed by atoms with van der Waals surface area (Å²) in [4.78, 5) is 23.8. The fourth-order valence-corrected chi connectivity index (χ4v) is 2.21. The average Bonchev–Trinajstić information content (AvgIpc) is 2.63. The SMILES string of the molecule is Cc1ccc(OCCC(=O)O[C@H](C)C(=O)Nc2cccc(C(F)(F)F)c2)cc1. The number of alkyl halides is 3. The molecule has 0 saturated carbocycles. The Bertz CT molecular complexity index is 819. The Labute approximate surface area is 160 Å². The second kappa shape index (κ2) is 9.25. The van der Waals surface area contributed by atoms with Gasteiger partial charge in [0.2, 0.25) is 0 Å². The van der Waals surface area contributed by atoms with Crippen molar-refractivity contribution in [3.63, 3.8) is 0 Å². The molecule has 0 spiro atoms. The van der Waals surface area contributed by atoms with E-state index in [0.717, 1.165) is 17.7 Å². The summed E-state index contributed by atoms with van der Waals surface area (Å²) in [5, 5.41) is 2.30. The molecule has 8 heteroatoms. The fourth-order valence-electron chi connectivity index (χ4n) is 2.21. The number of hydrogen-bond donors (Lipinski definition) is 1. The number of esters is 1.